The van der Waals surface area contributed by atoms with Gasteiger partial charge in [-0.2, -0.15) is 0 Å². The van der Waals surface area contributed by atoms with Crippen LogP contribution in [0, 0.1) is 5.82 Å². The molecule has 1 aliphatic heterocycles. The van der Waals surface area contributed by atoms with Gasteiger partial charge in [0.15, 0.2) is 0 Å². The lowest BCUT2D eigenvalue weighted by Crippen LogP contribution is -2.19. The second-order valence-electron chi connectivity index (χ2n) is 4.31. The molecule has 1 aliphatic rings. The zero-order valence-corrected chi connectivity index (χ0v) is 10.5. The third-order valence-corrected chi connectivity index (χ3v) is 3.25. The lowest BCUT2D eigenvalue weighted by molar-refractivity contribution is -0.116. The van der Waals surface area contributed by atoms with E-state index in [0.717, 1.165) is 11.3 Å². The van der Waals surface area contributed by atoms with Crippen LogP contribution in [0.1, 0.15) is 11.6 Å². The molecule has 5 heteroatoms. The fraction of sp³-hybridized carbons (Fsp3) is 0.0714. The molecular weight excluding hydrogens is 267 g/mol. The Morgan fingerprint density at radius 1 is 1.16 bits per heavy atom. The number of fused-ring (bicyclic) bond motifs is 1. The summed E-state index contributed by atoms with van der Waals surface area (Å²) in [5.74, 6) is -0.568. The molecule has 1 atom stereocenters. The predicted octanol–water partition coefficient (Wildman–Crippen LogP) is 3.58. The van der Waals surface area contributed by atoms with Gasteiger partial charge in [0.25, 0.3) is 5.91 Å². The summed E-state index contributed by atoms with van der Waals surface area (Å²) in [4.78, 5) is 11.9. The van der Waals surface area contributed by atoms with Gasteiger partial charge in [0.05, 0.1) is 0 Å². The van der Waals surface area contributed by atoms with Crippen LogP contribution in [0.5, 0.6) is 0 Å². The van der Waals surface area contributed by atoms with Gasteiger partial charge in [0.1, 0.15) is 11.9 Å². The van der Waals surface area contributed by atoms with Gasteiger partial charge in [-0.3, -0.25) is 4.79 Å². The van der Waals surface area contributed by atoms with E-state index in [0.29, 0.717) is 10.7 Å². The van der Waals surface area contributed by atoms with E-state index in [1.165, 1.54) is 12.1 Å². The highest BCUT2D eigenvalue weighted by Crippen LogP contribution is 2.33. The molecular formula is C14H10ClFN2O. The minimum atomic E-state index is -0.517. The van der Waals surface area contributed by atoms with Crippen LogP contribution in [0.3, 0.4) is 0 Å². The smallest absolute Gasteiger partial charge is 0.251 e. The van der Waals surface area contributed by atoms with Crippen LogP contribution < -0.4 is 10.6 Å². The highest BCUT2D eigenvalue weighted by atomic mass is 35.5. The molecule has 3 rings (SSSR count). The third kappa shape index (κ3) is 2.27. The summed E-state index contributed by atoms with van der Waals surface area (Å²) in [5, 5.41) is 6.38. The van der Waals surface area contributed by atoms with Crippen LogP contribution in [0.25, 0.3) is 0 Å². The van der Waals surface area contributed by atoms with Crippen molar-refractivity contribution < 1.29 is 9.18 Å². The fourth-order valence-corrected chi connectivity index (χ4v) is 2.22. The quantitative estimate of drug-likeness (QED) is 0.880. The van der Waals surface area contributed by atoms with E-state index < -0.39 is 6.04 Å². The summed E-state index contributed by atoms with van der Waals surface area (Å²) in [6.07, 6.45) is 0. The standard InChI is InChI=1S/C14H10ClFN2O/c15-8-1-4-10(5-2-8)17-13-11-6-3-9(16)7-12(11)18-14(13)19/h1-7,13,17H,(H,18,19). The number of carbonyl (C=O) groups excluding carboxylic acids is 1. The Bertz CT molecular complexity index is 642. The number of carbonyl (C=O) groups is 1. The van der Waals surface area contributed by atoms with Gasteiger partial charge in [-0.05, 0) is 36.4 Å². The van der Waals surface area contributed by atoms with Crippen molar-refractivity contribution >= 4 is 28.9 Å². The predicted molar refractivity (Wildman–Crippen MR) is 72.8 cm³/mol. The number of amides is 1. The zero-order chi connectivity index (χ0) is 13.4. The number of benzene rings is 2. The lowest BCUT2D eigenvalue weighted by atomic mass is 10.1. The molecule has 0 aromatic heterocycles. The summed E-state index contributed by atoms with van der Waals surface area (Å²) < 4.78 is 13.1. The first-order valence-corrected chi connectivity index (χ1v) is 6.14. The van der Waals surface area contributed by atoms with Gasteiger partial charge >= 0.3 is 0 Å². The first-order valence-electron chi connectivity index (χ1n) is 5.76. The van der Waals surface area contributed by atoms with E-state index in [-0.39, 0.29) is 11.7 Å². The molecule has 1 amide bonds. The molecule has 0 aliphatic carbocycles. The number of hydrogen-bond acceptors (Lipinski definition) is 2. The third-order valence-electron chi connectivity index (χ3n) is 3.00. The molecule has 2 aromatic rings. The van der Waals surface area contributed by atoms with Gasteiger partial charge < -0.3 is 10.6 Å². The Morgan fingerprint density at radius 3 is 2.63 bits per heavy atom. The SMILES string of the molecule is O=C1Nc2cc(F)ccc2C1Nc1ccc(Cl)cc1. The molecule has 2 aromatic carbocycles. The first-order chi connectivity index (χ1) is 9.13. The van der Waals surface area contributed by atoms with Crippen LogP contribution in [-0.2, 0) is 4.79 Å². The number of nitrogens with one attached hydrogen (secondary N) is 2. The normalized spacial score (nSPS) is 16.9. The molecule has 96 valence electrons. The average Bonchev–Trinajstić information content (AvgIpc) is 2.68. The second-order valence-corrected chi connectivity index (χ2v) is 4.74. The number of hydrogen-bond donors (Lipinski definition) is 2. The molecule has 0 saturated heterocycles. The maximum atomic E-state index is 13.1. The molecule has 1 heterocycles. The number of halogens is 2. The largest absolute Gasteiger partial charge is 0.370 e. The van der Waals surface area contributed by atoms with E-state index in [1.54, 1.807) is 30.3 Å². The summed E-state index contributed by atoms with van der Waals surface area (Å²) in [6, 6.07) is 10.8. The Morgan fingerprint density at radius 2 is 1.89 bits per heavy atom. The maximum Gasteiger partial charge on any atom is 0.251 e. The Hall–Kier alpha value is -2.07. The van der Waals surface area contributed by atoms with Crippen molar-refractivity contribution in [2.45, 2.75) is 6.04 Å². The second kappa shape index (κ2) is 4.55. The summed E-state index contributed by atoms with van der Waals surface area (Å²) in [5.41, 5.74) is 2.03. The summed E-state index contributed by atoms with van der Waals surface area (Å²) in [7, 11) is 0. The van der Waals surface area contributed by atoms with Crippen LogP contribution in [0.4, 0.5) is 15.8 Å². The van der Waals surface area contributed by atoms with Crippen LogP contribution in [0.15, 0.2) is 42.5 Å². The monoisotopic (exact) mass is 276 g/mol. The topological polar surface area (TPSA) is 41.1 Å². The molecule has 0 spiro atoms. The van der Waals surface area contributed by atoms with Gasteiger partial charge in [0, 0.05) is 22.0 Å². The van der Waals surface area contributed by atoms with E-state index in [4.69, 9.17) is 11.6 Å². The van der Waals surface area contributed by atoms with Crippen molar-refractivity contribution in [3.63, 3.8) is 0 Å². The Balaban J connectivity index is 1.90. The van der Waals surface area contributed by atoms with E-state index in [9.17, 15) is 9.18 Å². The first kappa shape index (κ1) is 12.0. The summed E-state index contributed by atoms with van der Waals surface area (Å²) >= 11 is 5.81. The number of anilines is 2. The van der Waals surface area contributed by atoms with Gasteiger partial charge in [-0.15, -0.1) is 0 Å². The van der Waals surface area contributed by atoms with Crippen LogP contribution in [-0.4, -0.2) is 5.91 Å². The Labute approximate surface area is 114 Å². The van der Waals surface area contributed by atoms with E-state index >= 15 is 0 Å². The van der Waals surface area contributed by atoms with Crippen molar-refractivity contribution in [2.24, 2.45) is 0 Å². The molecule has 0 fully saturated rings. The molecule has 19 heavy (non-hydrogen) atoms. The van der Waals surface area contributed by atoms with Gasteiger partial charge in [-0.1, -0.05) is 17.7 Å². The molecule has 0 radical (unpaired) electrons. The van der Waals surface area contributed by atoms with Crippen molar-refractivity contribution in [2.75, 3.05) is 10.6 Å². The molecule has 2 N–H and O–H groups in total. The molecule has 0 bridgehead atoms. The highest BCUT2D eigenvalue weighted by molar-refractivity contribution is 6.30. The van der Waals surface area contributed by atoms with Gasteiger partial charge in [0.2, 0.25) is 0 Å². The lowest BCUT2D eigenvalue weighted by Gasteiger charge is -2.12. The molecule has 3 nitrogen and oxygen atoms in total. The van der Waals surface area contributed by atoms with E-state index in [1.807, 2.05) is 0 Å². The zero-order valence-electron chi connectivity index (χ0n) is 9.78. The minimum Gasteiger partial charge on any atom is -0.370 e. The van der Waals surface area contributed by atoms with Crippen molar-refractivity contribution in [1.29, 1.82) is 0 Å². The fourth-order valence-electron chi connectivity index (χ4n) is 2.09. The Kier molecular flexibility index (Phi) is 2.87. The van der Waals surface area contributed by atoms with E-state index in [2.05, 4.69) is 10.6 Å². The van der Waals surface area contributed by atoms with Gasteiger partial charge in [-0.25, -0.2) is 4.39 Å². The van der Waals surface area contributed by atoms with Crippen LogP contribution >= 0.6 is 11.6 Å². The maximum absolute atomic E-state index is 13.1. The van der Waals surface area contributed by atoms with Crippen molar-refractivity contribution in [1.82, 2.24) is 0 Å². The van der Waals surface area contributed by atoms with Crippen molar-refractivity contribution in [3.05, 3.63) is 58.9 Å². The highest BCUT2D eigenvalue weighted by Gasteiger charge is 2.30. The number of rotatable bonds is 2. The minimum absolute atomic E-state index is 0.199. The summed E-state index contributed by atoms with van der Waals surface area (Å²) in [6.45, 7) is 0. The molecule has 1 unspecified atom stereocenters. The average molecular weight is 277 g/mol. The molecule has 0 saturated carbocycles. The van der Waals surface area contributed by atoms with Crippen LogP contribution in [0.2, 0.25) is 5.02 Å². The van der Waals surface area contributed by atoms with Crippen molar-refractivity contribution in [3.8, 4) is 0 Å².